The van der Waals surface area contributed by atoms with Crippen molar-refractivity contribution >= 4 is 15.7 Å². The summed E-state index contributed by atoms with van der Waals surface area (Å²) in [6.07, 6.45) is 3.96. The van der Waals surface area contributed by atoms with Gasteiger partial charge in [-0.15, -0.1) is 0 Å². The van der Waals surface area contributed by atoms with Gasteiger partial charge in [0.05, 0.1) is 12.4 Å². The minimum atomic E-state index is -0.501. The Kier molecular flexibility index (Phi) is 7.93. The summed E-state index contributed by atoms with van der Waals surface area (Å²) in [4.78, 5) is 10.8. The number of hydrogen-bond donors (Lipinski definition) is 0. The van der Waals surface area contributed by atoms with E-state index in [2.05, 4.69) is 6.58 Å². The van der Waals surface area contributed by atoms with Crippen LogP contribution in [0.1, 0.15) is 20.3 Å². The molecule has 0 amide bonds. The monoisotopic (exact) mass is 214 g/mol. The predicted molar refractivity (Wildman–Crippen MR) is 59.6 cm³/mol. The molecule has 0 spiro atoms. The first kappa shape index (κ1) is 13.0. The van der Waals surface area contributed by atoms with E-state index in [1.54, 1.807) is 13.0 Å². The minimum absolute atomic E-state index is 0.269. The molecule has 0 unspecified atom stereocenters. The van der Waals surface area contributed by atoms with E-state index in [1.807, 2.05) is 6.92 Å². The molecule has 0 heterocycles. The lowest BCUT2D eigenvalue weighted by molar-refractivity contribution is -0.137. The van der Waals surface area contributed by atoms with Crippen LogP contribution in [0.2, 0.25) is 6.04 Å². The quantitative estimate of drug-likeness (QED) is 0.212. The fourth-order valence-electron chi connectivity index (χ4n) is 0.807. The molecule has 3 nitrogen and oxygen atoms in total. The first-order chi connectivity index (χ1) is 6.66. The maximum atomic E-state index is 10.8. The van der Waals surface area contributed by atoms with Crippen LogP contribution < -0.4 is 0 Å². The van der Waals surface area contributed by atoms with Gasteiger partial charge in [-0.2, -0.15) is 0 Å². The second kappa shape index (κ2) is 8.56. The Morgan fingerprint density at radius 1 is 1.57 bits per heavy atom. The Morgan fingerprint density at radius 3 is 2.86 bits per heavy atom. The average Bonchev–Trinajstić information content (AvgIpc) is 2.11. The van der Waals surface area contributed by atoms with Gasteiger partial charge in [-0.05, 0) is 26.3 Å². The van der Waals surface area contributed by atoms with Gasteiger partial charge in [0.1, 0.15) is 0 Å². The maximum absolute atomic E-state index is 10.8. The van der Waals surface area contributed by atoms with Crippen molar-refractivity contribution in [3.63, 3.8) is 0 Å². The third-order valence-electron chi connectivity index (χ3n) is 1.43. The van der Waals surface area contributed by atoms with Gasteiger partial charge in [0.15, 0.2) is 0 Å². The summed E-state index contributed by atoms with van der Waals surface area (Å²) >= 11 is 0. The lowest BCUT2D eigenvalue weighted by Gasteiger charge is -2.04. The zero-order chi connectivity index (χ0) is 10.8. The van der Waals surface area contributed by atoms with Crippen LogP contribution in [0, 0.1) is 0 Å². The topological polar surface area (TPSA) is 35.5 Å². The lowest BCUT2D eigenvalue weighted by atomic mass is 10.5. The molecule has 0 saturated heterocycles. The van der Waals surface area contributed by atoms with Crippen molar-refractivity contribution in [1.82, 2.24) is 0 Å². The molecule has 0 radical (unpaired) electrons. The molecule has 0 aliphatic heterocycles. The normalized spacial score (nSPS) is 11.0. The van der Waals surface area contributed by atoms with Crippen LogP contribution in [-0.2, 0) is 14.0 Å². The van der Waals surface area contributed by atoms with Crippen LogP contribution in [0.25, 0.3) is 0 Å². The molecule has 0 rings (SSSR count). The summed E-state index contributed by atoms with van der Waals surface area (Å²) in [7, 11) is -0.501. The van der Waals surface area contributed by atoms with E-state index < -0.39 is 9.76 Å². The van der Waals surface area contributed by atoms with E-state index >= 15 is 0 Å². The van der Waals surface area contributed by atoms with Crippen LogP contribution >= 0.6 is 0 Å². The summed E-state index contributed by atoms with van der Waals surface area (Å²) < 4.78 is 10.2. The SMILES string of the molecule is C=C(C)O[SiH2]CCCOC(=O)C=CC. The molecule has 0 aromatic carbocycles. The standard InChI is InChI=1S/C10H18O3Si/c1-4-6-10(11)12-7-5-8-14-13-9(2)3/h4,6H,2,5,7-8,14H2,1,3H3. The third kappa shape index (κ3) is 9.06. The summed E-state index contributed by atoms with van der Waals surface area (Å²) in [5.41, 5.74) is 0. The number of ether oxygens (including phenoxy) is 1. The van der Waals surface area contributed by atoms with Gasteiger partial charge in [-0.25, -0.2) is 4.79 Å². The van der Waals surface area contributed by atoms with E-state index in [0.717, 1.165) is 18.2 Å². The predicted octanol–water partition coefficient (Wildman–Crippen LogP) is 1.55. The number of hydrogen-bond acceptors (Lipinski definition) is 3. The van der Waals surface area contributed by atoms with Crippen molar-refractivity contribution in [3.05, 3.63) is 24.5 Å². The molecule has 0 bridgehead atoms. The Labute approximate surface area is 87.7 Å². The number of rotatable bonds is 7. The van der Waals surface area contributed by atoms with E-state index in [0.29, 0.717) is 6.61 Å². The van der Waals surface area contributed by atoms with Gasteiger partial charge in [-0.3, -0.25) is 0 Å². The molecule has 80 valence electrons. The average molecular weight is 214 g/mol. The Bertz CT molecular complexity index is 211. The highest BCUT2D eigenvalue weighted by Crippen LogP contribution is 1.95. The van der Waals surface area contributed by atoms with Crippen LogP contribution in [-0.4, -0.2) is 22.3 Å². The van der Waals surface area contributed by atoms with Gasteiger partial charge in [0.25, 0.3) is 0 Å². The van der Waals surface area contributed by atoms with E-state index in [9.17, 15) is 4.79 Å². The number of carbonyl (C=O) groups excluding carboxylic acids is 1. The second-order valence-corrected chi connectivity index (χ2v) is 4.33. The van der Waals surface area contributed by atoms with E-state index in [4.69, 9.17) is 9.16 Å². The highest BCUT2D eigenvalue weighted by Gasteiger charge is 1.96. The van der Waals surface area contributed by atoms with Crippen LogP contribution in [0.4, 0.5) is 0 Å². The highest BCUT2D eigenvalue weighted by molar-refractivity contribution is 6.27. The summed E-state index contributed by atoms with van der Waals surface area (Å²) in [5, 5.41) is 0. The first-order valence-corrected chi connectivity index (χ1v) is 6.32. The molecule has 0 aromatic heterocycles. The minimum Gasteiger partial charge on any atom is -0.553 e. The highest BCUT2D eigenvalue weighted by atomic mass is 28.2. The van der Waals surface area contributed by atoms with Crippen molar-refractivity contribution in [2.75, 3.05) is 6.61 Å². The molecule has 0 N–H and O–H groups in total. The van der Waals surface area contributed by atoms with Crippen molar-refractivity contribution in [1.29, 1.82) is 0 Å². The number of esters is 1. The second-order valence-electron chi connectivity index (χ2n) is 2.93. The Hall–Kier alpha value is -1.03. The smallest absolute Gasteiger partial charge is 0.330 e. The van der Waals surface area contributed by atoms with Crippen LogP contribution in [0.15, 0.2) is 24.5 Å². The molecule has 0 aliphatic carbocycles. The van der Waals surface area contributed by atoms with Crippen molar-refractivity contribution in [3.8, 4) is 0 Å². The molecule has 0 aromatic rings. The van der Waals surface area contributed by atoms with E-state index in [-0.39, 0.29) is 5.97 Å². The van der Waals surface area contributed by atoms with Gasteiger partial charge in [0, 0.05) is 6.08 Å². The largest absolute Gasteiger partial charge is 0.553 e. The van der Waals surface area contributed by atoms with Crippen molar-refractivity contribution in [2.24, 2.45) is 0 Å². The Balaban J connectivity index is 3.21. The molecule has 0 fully saturated rings. The van der Waals surface area contributed by atoms with Crippen molar-refractivity contribution < 1.29 is 14.0 Å². The fraction of sp³-hybridized carbons (Fsp3) is 0.500. The van der Waals surface area contributed by atoms with E-state index in [1.165, 1.54) is 6.08 Å². The van der Waals surface area contributed by atoms with Gasteiger partial charge < -0.3 is 9.16 Å². The summed E-state index contributed by atoms with van der Waals surface area (Å²) in [6.45, 7) is 7.76. The summed E-state index contributed by atoms with van der Waals surface area (Å²) in [5.74, 6) is 0.512. The molecule has 0 atom stereocenters. The zero-order valence-corrected chi connectivity index (χ0v) is 10.3. The van der Waals surface area contributed by atoms with Gasteiger partial charge >= 0.3 is 5.97 Å². The van der Waals surface area contributed by atoms with Gasteiger partial charge in [0.2, 0.25) is 9.76 Å². The zero-order valence-electron chi connectivity index (χ0n) is 8.91. The fourth-order valence-corrected chi connectivity index (χ4v) is 1.71. The van der Waals surface area contributed by atoms with Crippen LogP contribution in [0.5, 0.6) is 0 Å². The third-order valence-corrected chi connectivity index (χ3v) is 2.92. The molecule has 0 aliphatic rings. The number of carbonyl (C=O) groups is 1. The molecular weight excluding hydrogens is 196 g/mol. The first-order valence-electron chi connectivity index (χ1n) is 4.74. The molecule has 4 heteroatoms. The number of allylic oxidation sites excluding steroid dienone is 2. The van der Waals surface area contributed by atoms with Crippen LogP contribution in [0.3, 0.4) is 0 Å². The maximum Gasteiger partial charge on any atom is 0.330 e. The molecular formula is C10H18O3Si. The Morgan fingerprint density at radius 2 is 2.29 bits per heavy atom. The lowest BCUT2D eigenvalue weighted by Crippen LogP contribution is -2.04. The summed E-state index contributed by atoms with van der Waals surface area (Å²) in [6, 6.07) is 1.01. The van der Waals surface area contributed by atoms with Crippen molar-refractivity contribution in [2.45, 2.75) is 26.3 Å². The molecule has 0 saturated carbocycles. The van der Waals surface area contributed by atoms with Gasteiger partial charge in [-0.1, -0.05) is 12.7 Å². The molecule has 14 heavy (non-hydrogen) atoms.